The van der Waals surface area contributed by atoms with E-state index in [1.807, 2.05) is 79.0 Å². The van der Waals surface area contributed by atoms with Crippen LogP contribution in [0.4, 0.5) is 17.1 Å². The molecule has 0 spiro atoms. The number of para-hydroxylation sites is 1. The average Bonchev–Trinajstić information content (AvgIpc) is 3.64. The number of nitrogens with zero attached hydrogens (tertiary/aromatic N) is 4. The van der Waals surface area contributed by atoms with Crippen molar-refractivity contribution in [2.24, 2.45) is 5.92 Å². The van der Waals surface area contributed by atoms with Crippen LogP contribution in [0, 0.1) is 5.92 Å². The van der Waals surface area contributed by atoms with Crippen LogP contribution in [0.25, 0.3) is 11.3 Å². The smallest absolute Gasteiger partial charge is 0.299 e. The van der Waals surface area contributed by atoms with E-state index >= 15 is 0 Å². The van der Waals surface area contributed by atoms with Gasteiger partial charge in [-0.1, -0.05) is 54.6 Å². The normalized spacial score (nSPS) is 16.2. The van der Waals surface area contributed by atoms with Gasteiger partial charge >= 0.3 is 0 Å². The number of nitrogens with one attached hydrogen (secondary N) is 1. The van der Waals surface area contributed by atoms with E-state index in [0.717, 1.165) is 29.8 Å². The van der Waals surface area contributed by atoms with Crippen molar-refractivity contribution in [2.75, 3.05) is 35.8 Å². The van der Waals surface area contributed by atoms with Crippen LogP contribution in [0.15, 0.2) is 96.4 Å². The second-order valence-electron chi connectivity index (χ2n) is 11.7. The Morgan fingerprint density at radius 1 is 0.978 bits per heavy atom. The minimum Gasteiger partial charge on any atom is -0.378 e. The third kappa shape index (κ3) is 6.48. The molecule has 3 amide bonds. The van der Waals surface area contributed by atoms with Crippen molar-refractivity contribution in [2.45, 2.75) is 31.8 Å². The highest BCUT2D eigenvalue weighted by atomic mass is 32.1. The average molecular weight is 634 g/mol. The summed E-state index contributed by atoms with van der Waals surface area (Å²) in [5, 5.41) is 5.66. The van der Waals surface area contributed by atoms with Crippen molar-refractivity contribution >= 4 is 51.9 Å². The lowest BCUT2D eigenvalue weighted by atomic mass is 9.86. The van der Waals surface area contributed by atoms with Crippen LogP contribution in [-0.4, -0.2) is 60.1 Å². The molecule has 3 aromatic carbocycles. The minimum atomic E-state index is -0.848. The summed E-state index contributed by atoms with van der Waals surface area (Å²) < 4.78 is 0. The van der Waals surface area contributed by atoms with Gasteiger partial charge in [-0.05, 0) is 61.6 Å². The molecule has 4 aromatic rings. The molecule has 0 saturated carbocycles. The van der Waals surface area contributed by atoms with E-state index < -0.39 is 23.6 Å². The van der Waals surface area contributed by atoms with Gasteiger partial charge in [-0.15, -0.1) is 11.3 Å². The standard InChI is InChI=1S/C36H35N5O4S/c1-39(2)27-19-17-26(18-20-27)37-35(44)33(25-13-7-4-8-14-25)41(21-31-38-29(23-46-31)24-11-5-3-6-12-24)32(42)22-40-30-16-10-9-15-28(30)34(43)36(40)45/h3-7,9-12,15-20,23,25,33H,8,13-14,21-22H2,1-2H3,(H,37,44)/t25-,33-/m1/s1. The molecule has 46 heavy (non-hydrogen) atoms. The number of anilines is 3. The van der Waals surface area contributed by atoms with E-state index in [1.54, 1.807) is 29.2 Å². The molecule has 234 valence electrons. The number of thiazole rings is 1. The summed E-state index contributed by atoms with van der Waals surface area (Å²) in [6.45, 7) is -0.297. The number of hydrogen-bond acceptors (Lipinski definition) is 7. The summed E-state index contributed by atoms with van der Waals surface area (Å²) in [7, 11) is 3.89. The SMILES string of the molecule is CN(C)c1ccc(NC(=O)[C@@H]([C@@H]2CC=CCC2)N(Cc2nc(-c3ccccc3)cs2)C(=O)CN2C(=O)C(=O)c3ccccc32)cc1. The van der Waals surface area contributed by atoms with Crippen molar-refractivity contribution in [3.63, 3.8) is 0 Å². The maximum absolute atomic E-state index is 14.4. The van der Waals surface area contributed by atoms with Gasteiger partial charge in [-0.2, -0.15) is 0 Å². The zero-order chi connectivity index (χ0) is 32.2. The molecule has 10 heteroatoms. The molecule has 1 aliphatic heterocycles. The zero-order valence-electron chi connectivity index (χ0n) is 25.8. The van der Waals surface area contributed by atoms with Crippen molar-refractivity contribution in [3.05, 3.63) is 107 Å². The van der Waals surface area contributed by atoms with Crippen LogP contribution in [0.5, 0.6) is 0 Å². The molecule has 2 aliphatic rings. The van der Waals surface area contributed by atoms with Gasteiger partial charge in [0.2, 0.25) is 11.8 Å². The molecule has 6 rings (SSSR count). The molecule has 0 bridgehead atoms. The van der Waals surface area contributed by atoms with Gasteiger partial charge in [-0.3, -0.25) is 24.1 Å². The van der Waals surface area contributed by atoms with Crippen LogP contribution >= 0.6 is 11.3 Å². The van der Waals surface area contributed by atoms with Gasteiger partial charge < -0.3 is 15.1 Å². The third-order valence-electron chi connectivity index (χ3n) is 8.43. The Kier molecular flexibility index (Phi) is 9.07. The lowest BCUT2D eigenvalue weighted by Gasteiger charge is -2.37. The van der Waals surface area contributed by atoms with Gasteiger partial charge in [0, 0.05) is 36.4 Å². The molecular weight excluding hydrogens is 598 g/mol. The highest BCUT2D eigenvalue weighted by Crippen LogP contribution is 2.32. The first-order chi connectivity index (χ1) is 22.3. The third-order valence-corrected chi connectivity index (χ3v) is 9.26. The molecule has 0 unspecified atom stereocenters. The lowest BCUT2D eigenvalue weighted by molar-refractivity contribution is -0.140. The van der Waals surface area contributed by atoms with Gasteiger partial charge in [0.1, 0.15) is 17.6 Å². The Morgan fingerprint density at radius 2 is 1.72 bits per heavy atom. The highest BCUT2D eigenvalue weighted by molar-refractivity contribution is 7.09. The van der Waals surface area contributed by atoms with Crippen molar-refractivity contribution in [1.29, 1.82) is 0 Å². The minimum absolute atomic E-state index is 0.0752. The van der Waals surface area contributed by atoms with Gasteiger partial charge in [-0.25, -0.2) is 4.98 Å². The number of amides is 3. The van der Waals surface area contributed by atoms with Crippen LogP contribution in [0.3, 0.4) is 0 Å². The number of hydrogen-bond donors (Lipinski definition) is 1. The Hall–Kier alpha value is -5.09. The first-order valence-corrected chi connectivity index (χ1v) is 16.2. The number of aromatic nitrogens is 1. The van der Waals surface area contributed by atoms with Crippen molar-refractivity contribution < 1.29 is 19.2 Å². The number of carbonyl (C=O) groups excluding carboxylic acids is 4. The fourth-order valence-electron chi connectivity index (χ4n) is 6.02. The molecule has 0 fully saturated rings. The van der Waals surface area contributed by atoms with Crippen LogP contribution in [-0.2, 0) is 20.9 Å². The monoisotopic (exact) mass is 633 g/mol. The van der Waals surface area contributed by atoms with E-state index in [-0.39, 0.29) is 30.5 Å². The summed E-state index contributed by atoms with van der Waals surface area (Å²) in [6, 6.07) is 23.1. The topological polar surface area (TPSA) is 103 Å². The second kappa shape index (κ2) is 13.5. The Labute approximate surface area is 272 Å². The summed E-state index contributed by atoms with van der Waals surface area (Å²) in [4.78, 5) is 64.0. The predicted molar refractivity (Wildman–Crippen MR) is 181 cm³/mol. The maximum Gasteiger partial charge on any atom is 0.299 e. The number of ketones is 1. The molecular formula is C36H35N5O4S. The number of allylic oxidation sites excluding steroid dienone is 2. The van der Waals surface area contributed by atoms with Gasteiger partial charge in [0.25, 0.3) is 11.7 Å². The number of rotatable bonds is 10. The fourth-order valence-corrected chi connectivity index (χ4v) is 6.82. The van der Waals surface area contributed by atoms with Gasteiger partial charge in [0.15, 0.2) is 0 Å². The van der Waals surface area contributed by atoms with E-state index in [0.29, 0.717) is 22.8 Å². The molecule has 1 aromatic heterocycles. The van der Waals surface area contributed by atoms with Crippen LogP contribution < -0.4 is 15.1 Å². The summed E-state index contributed by atoms with van der Waals surface area (Å²) >= 11 is 1.42. The fraction of sp³-hybridized carbons (Fsp3) is 0.250. The molecule has 9 nitrogen and oxygen atoms in total. The van der Waals surface area contributed by atoms with E-state index in [2.05, 4.69) is 17.5 Å². The molecule has 1 N–H and O–H groups in total. The largest absolute Gasteiger partial charge is 0.378 e. The van der Waals surface area contributed by atoms with E-state index in [1.165, 1.54) is 16.2 Å². The first kappa shape index (κ1) is 30.9. The maximum atomic E-state index is 14.4. The van der Waals surface area contributed by atoms with Crippen LogP contribution in [0.1, 0.15) is 34.6 Å². The summed E-state index contributed by atoms with van der Waals surface area (Å²) in [5.41, 5.74) is 4.01. The number of benzene rings is 3. The quantitative estimate of drug-likeness (QED) is 0.175. The number of Topliss-reactive ketones (excluding diaryl/α,β-unsaturated/α-hetero) is 1. The number of fused-ring (bicyclic) bond motifs is 1. The molecule has 0 radical (unpaired) electrons. The van der Waals surface area contributed by atoms with E-state index in [9.17, 15) is 19.2 Å². The Bertz CT molecular complexity index is 1780. The van der Waals surface area contributed by atoms with Crippen molar-refractivity contribution in [1.82, 2.24) is 9.88 Å². The Morgan fingerprint density at radius 3 is 2.43 bits per heavy atom. The van der Waals surface area contributed by atoms with E-state index in [4.69, 9.17) is 4.98 Å². The van der Waals surface area contributed by atoms with Crippen LogP contribution in [0.2, 0.25) is 0 Å². The first-order valence-electron chi connectivity index (χ1n) is 15.3. The van der Waals surface area contributed by atoms with Crippen molar-refractivity contribution in [3.8, 4) is 11.3 Å². The lowest BCUT2D eigenvalue weighted by Crippen LogP contribution is -2.54. The summed E-state index contributed by atoms with van der Waals surface area (Å²) in [5.74, 6) is -2.30. The second-order valence-corrected chi connectivity index (χ2v) is 12.6. The highest BCUT2D eigenvalue weighted by Gasteiger charge is 2.41. The molecule has 1 aliphatic carbocycles. The van der Waals surface area contributed by atoms with Gasteiger partial charge in [0.05, 0.1) is 23.5 Å². The zero-order valence-corrected chi connectivity index (χ0v) is 26.6. The Balaban J connectivity index is 1.35. The molecule has 2 heterocycles. The summed E-state index contributed by atoms with van der Waals surface area (Å²) in [6.07, 6.45) is 6.28. The molecule has 2 atom stereocenters. The molecule has 0 saturated heterocycles. The number of carbonyl (C=O) groups is 4. The predicted octanol–water partition coefficient (Wildman–Crippen LogP) is 5.80.